The largest absolute Gasteiger partial charge is 0.324 e. The van der Waals surface area contributed by atoms with Gasteiger partial charge in [0.25, 0.3) is 0 Å². The molecule has 0 saturated carbocycles. The lowest BCUT2D eigenvalue weighted by Crippen LogP contribution is -2.04. The SMILES string of the molecule is CC.CC(N)c1cccc(Br)c1. The monoisotopic (exact) mass is 229 g/mol. The maximum Gasteiger partial charge on any atom is 0.0266 e. The van der Waals surface area contributed by atoms with Gasteiger partial charge in [0.2, 0.25) is 0 Å². The van der Waals surface area contributed by atoms with Crippen molar-refractivity contribution in [2.75, 3.05) is 0 Å². The third-order valence-electron chi connectivity index (χ3n) is 1.37. The van der Waals surface area contributed by atoms with Crippen LogP contribution in [0.5, 0.6) is 0 Å². The first-order valence-electron chi connectivity index (χ1n) is 4.21. The van der Waals surface area contributed by atoms with Crippen LogP contribution in [-0.4, -0.2) is 0 Å². The summed E-state index contributed by atoms with van der Waals surface area (Å²) >= 11 is 3.37. The Labute approximate surface area is 83.1 Å². The van der Waals surface area contributed by atoms with Crippen molar-refractivity contribution in [3.8, 4) is 0 Å². The number of benzene rings is 1. The Bertz CT molecular complexity index is 221. The highest BCUT2D eigenvalue weighted by Gasteiger charge is 1.97. The molecule has 1 unspecified atom stereocenters. The van der Waals surface area contributed by atoms with E-state index >= 15 is 0 Å². The summed E-state index contributed by atoms with van der Waals surface area (Å²) in [5.74, 6) is 0. The first-order chi connectivity index (χ1) is 5.70. The van der Waals surface area contributed by atoms with Crippen molar-refractivity contribution < 1.29 is 0 Å². The standard InChI is InChI=1S/C8H10BrN.C2H6/c1-6(10)7-3-2-4-8(9)5-7;1-2/h2-6H,10H2,1H3;1-2H3. The highest BCUT2D eigenvalue weighted by molar-refractivity contribution is 9.10. The van der Waals surface area contributed by atoms with Crippen LogP contribution in [0.3, 0.4) is 0 Å². The van der Waals surface area contributed by atoms with E-state index in [0.717, 1.165) is 10.0 Å². The summed E-state index contributed by atoms with van der Waals surface area (Å²) in [6, 6.07) is 8.16. The molecule has 0 aliphatic heterocycles. The highest BCUT2D eigenvalue weighted by Crippen LogP contribution is 2.15. The van der Waals surface area contributed by atoms with Gasteiger partial charge in [-0.2, -0.15) is 0 Å². The molecule has 0 amide bonds. The average Bonchev–Trinajstić information content (AvgIpc) is 2.08. The van der Waals surface area contributed by atoms with Crippen LogP contribution < -0.4 is 5.73 Å². The van der Waals surface area contributed by atoms with E-state index in [-0.39, 0.29) is 6.04 Å². The summed E-state index contributed by atoms with van der Waals surface area (Å²) in [6.07, 6.45) is 0. The quantitative estimate of drug-likeness (QED) is 0.785. The molecule has 1 nitrogen and oxygen atoms in total. The van der Waals surface area contributed by atoms with E-state index in [2.05, 4.69) is 15.9 Å². The van der Waals surface area contributed by atoms with Gasteiger partial charge in [0, 0.05) is 10.5 Å². The second kappa shape index (κ2) is 6.21. The predicted molar refractivity (Wildman–Crippen MR) is 58.1 cm³/mol. The zero-order valence-electron chi connectivity index (χ0n) is 7.84. The Balaban J connectivity index is 0.000000561. The molecule has 0 radical (unpaired) electrons. The summed E-state index contributed by atoms with van der Waals surface area (Å²) in [4.78, 5) is 0. The molecular formula is C10H16BrN. The predicted octanol–water partition coefficient (Wildman–Crippen LogP) is 3.50. The molecule has 12 heavy (non-hydrogen) atoms. The minimum Gasteiger partial charge on any atom is -0.324 e. The maximum atomic E-state index is 5.66. The van der Waals surface area contributed by atoms with E-state index in [1.54, 1.807) is 0 Å². The van der Waals surface area contributed by atoms with Gasteiger partial charge < -0.3 is 5.73 Å². The van der Waals surface area contributed by atoms with Crippen molar-refractivity contribution in [3.63, 3.8) is 0 Å². The zero-order valence-corrected chi connectivity index (χ0v) is 9.43. The van der Waals surface area contributed by atoms with E-state index in [9.17, 15) is 0 Å². The molecule has 1 atom stereocenters. The molecule has 0 spiro atoms. The molecule has 1 rings (SSSR count). The fourth-order valence-electron chi connectivity index (χ4n) is 0.790. The van der Waals surface area contributed by atoms with Gasteiger partial charge >= 0.3 is 0 Å². The lowest BCUT2D eigenvalue weighted by molar-refractivity contribution is 0.817. The summed E-state index contributed by atoms with van der Waals surface area (Å²) in [5, 5.41) is 0. The molecule has 2 N–H and O–H groups in total. The van der Waals surface area contributed by atoms with E-state index in [1.807, 2.05) is 45.0 Å². The topological polar surface area (TPSA) is 26.0 Å². The first-order valence-corrected chi connectivity index (χ1v) is 5.00. The van der Waals surface area contributed by atoms with Gasteiger partial charge in [-0.05, 0) is 24.6 Å². The lowest BCUT2D eigenvalue weighted by atomic mass is 10.1. The molecule has 2 heteroatoms. The summed E-state index contributed by atoms with van der Waals surface area (Å²) in [5.41, 5.74) is 6.82. The average molecular weight is 230 g/mol. The molecule has 0 heterocycles. The zero-order chi connectivity index (χ0) is 9.56. The third kappa shape index (κ3) is 3.88. The number of hydrogen-bond acceptors (Lipinski definition) is 1. The van der Waals surface area contributed by atoms with Crippen molar-refractivity contribution in [1.82, 2.24) is 0 Å². The van der Waals surface area contributed by atoms with Crippen LogP contribution >= 0.6 is 15.9 Å². The van der Waals surface area contributed by atoms with E-state index in [4.69, 9.17) is 5.73 Å². The van der Waals surface area contributed by atoms with Crippen molar-refractivity contribution in [2.45, 2.75) is 26.8 Å². The molecule has 0 aliphatic rings. The van der Waals surface area contributed by atoms with Gasteiger partial charge in [0.15, 0.2) is 0 Å². The van der Waals surface area contributed by atoms with E-state index < -0.39 is 0 Å². The van der Waals surface area contributed by atoms with Crippen LogP contribution in [0.4, 0.5) is 0 Å². The minimum atomic E-state index is 0.123. The van der Waals surface area contributed by atoms with Crippen LogP contribution in [0.2, 0.25) is 0 Å². The number of nitrogens with two attached hydrogens (primary N) is 1. The van der Waals surface area contributed by atoms with Crippen LogP contribution in [0.1, 0.15) is 32.4 Å². The van der Waals surface area contributed by atoms with Crippen molar-refractivity contribution in [3.05, 3.63) is 34.3 Å². The number of halogens is 1. The molecular weight excluding hydrogens is 214 g/mol. The molecule has 1 aromatic carbocycles. The molecule has 1 aromatic rings. The Hall–Kier alpha value is -0.340. The smallest absolute Gasteiger partial charge is 0.0266 e. The van der Waals surface area contributed by atoms with Crippen LogP contribution in [0.25, 0.3) is 0 Å². The second-order valence-corrected chi connectivity index (χ2v) is 3.26. The Morgan fingerprint density at radius 1 is 1.33 bits per heavy atom. The van der Waals surface area contributed by atoms with Crippen molar-refractivity contribution in [1.29, 1.82) is 0 Å². The van der Waals surface area contributed by atoms with Gasteiger partial charge in [-0.3, -0.25) is 0 Å². The van der Waals surface area contributed by atoms with Gasteiger partial charge in [-0.25, -0.2) is 0 Å². The van der Waals surface area contributed by atoms with Gasteiger partial charge in [0.05, 0.1) is 0 Å². The van der Waals surface area contributed by atoms with Crippen LogP contribution in [-0.2, 0) is 0 Å². The molecule has 0 bridgehead atoms. The summed E-state index contributed by atoms with van der Waals surface area (Å²) in [7, 11) is 0. The lowest BCUT2D eigenvalue weighted by Gasteiger charge is -2.04. The van der Waals surface area contributed by atoms with E-state index in [1.165, 1.54) is 0 Å². The molecule has 68 valence electrons. The fourth-order valence-corrected chi connectivity index (χ4v) is 1.21. The molecule has 0 saturated heterocycles. The van der Waals surface area contributed by atoms with Crippen LogP contribution in [0.15, 0.2) is 28.7 Å². The van der Waals surface area contributed by atoms with Gasteiger partial charge in [0.1, 0.15) is 0 Å². The minimum absolute atomic E-state index is 0.123. The number of rotatable bonds is 1. The normalized spacial score (nSPS) is 11.4. The van der Waals surface area contributed by atoms with Crippen LogP contribution in [0, 0.1) is 0 Å². The Morgan fingerprint density at radius 2 is 1.92 bits per heavy atom. The summed E-state index contributed by atoms with van der Waals surface area (Å²) < 4.78 is 1.09. The first kappa shape index (κ1) is 11.7. The molecule has 0 aliphatic carbocycles. The maximum absolute atomic E-state index is 5.66. The second-order valence-electron chi connectivity index (χ2n) is 2.34. The Kier molecular flexibility index (Phi) is 6.03. The highest BCUT2D eigenvalue weighted by atomic mass is 79.9. The summed E-state index contributed by atoms with van der Waals surface area (Å²) in [6.45, 7) is 5.97. The van der Waals surface area contributed by atoms with Crippen molar-refractivity contribution in [2.24, 2.45) is 5.73 Å². The van der Waals surface area contributed by atoms with Crippen molar-refractivity contribution >= 4 is 15.9 Å². The molecule has 0 fully saturated rings. The van der Waals surface area contributed by atoms with E-state index in [0.29, 0.717) is 0 Å². The Morgan fingerprint density at radius 3 is 2.25 bits per heavy atom. The van der Waals surface area contributed by atoms with Gasteiger partial charge in [-0.1, -0.05) is 41.9 Å². The number of hydrogen-bond donors (Lipinski definition) is 1. The molecule has 0 aromatic heterocycles. The van der Waals surface area contributed by atoms with Gasteiger partial charge in [-0.15, -0.1) is 0 Å². The third-order valence-corrected chi connectivity index (χ3v) is 1.87. The fraction of sp³-hybridized carbons (Fsp3) is 0.400.